The number of aliphatic imine (C=N–C) groups is 1. The van der Waals surface area contributed by atoms with Gasteiger partial charge in [0.25, 0.3) is 0 Å². The summed E-state index contributed by atoms with van der Waals surface area (Å²) < 4.78 is 5.38. The Bertz CT molecular complexity index is 729. The molecule has 0 radical (unpaired) electrons. The van der Waals surface area contributed by atoms with Crippen molar-refractivity contribution < 1.29 is 24.4 Å². The van der Waals surface area contributed by atoms with Crippen LogP contribution in [-0.4, -0.2) is 40.1 Å². The average Bonchev–Trinajstić information content (AvgIpc) is 3.09. The van der Waals surface area contributed by atoms with Crippen molar-refractivity contribution in [1.29, 1.82) is 0 Å². The molecule has 1 atom stereocenters. The van der Waals surface area contributed by atoms with Gasteiger partial charge in [-0.3, -0.25) is 24.7 Å². The third-order valence-electron chi connectivity index (χ3n) is 4.12. The van der Waals surface area contributed by atoms with Gasteiger partial charge in [-0.2, -0.15) is 0 Å². The Hall–Kier alpha value is -3.03. The number of nitro groups is 1. The number of carboxylic acid groups (broad SMARTS) is 1. The highest BCUT2D eigenvalue weighted by molar-refractivity contribution is 5.96. The van der Waals surface area contributed by atoms with E-state index in [4.69, 9.17) is 9.84 Å². The van der Waals surface area contributed by atoms with E-state index in [0.29, 0.717) is 25.7 Å². The molecule has 1 aromatic carbocycles. The monoisotopic (exact) mass is 360 g/mol. The first-order valence-corrected chi connectivity index (χ1v) is 8.29. The van der Waals surface area contributed by atoms with Gasteiger partial charge in [0.15, 0.2) is 5.75 Å². The van der Waals surface area contributed by atoms with E-state index >= 15 is 0 Å². The molecule has 2 rings (SSSR count). The van der Waals surface area contributed by atoms with E-state index in [1.807, 2.05) is 0 Å². The highest BCUT2D eigenvalue weighted by atomic mass is 16.6. The van der Waals surface area contributed by atoms with E-state index in [0.717, 1.165) is 0 Å². The third kappa shape index (κ3) is 4.98. The van der Waals surface area contributed by atoms with Crippen LogP contribution in [0.25, 0.3) is 0 Å². The average molecular weight is 360 g/mol. The minimum absolute atomic E-state index is 0.0356. The molecule has 0 aromatic heterocycles. The number of ketones is 1. The minimum Gasteiger partial charge on any atom is -0.481 e. The van der Waals surface area contributed by atoms with Crippen LogP contribution >= 0.6 is 0 Å². The van der Waals surface area contributed by atoms with Crippen LogP contribution in [0.2, 0.25) is 0 Å². The second kappa shape index (κ2) is 8.89. The summed E-state index contributed by atoms with van der Waals surface area (Å²) in [5, 5.41) is 19.7. The number of para-hydroxylation sites is 2. The zero-order chi connectivity index (χ0) is 19.0. The van der Waals surface area contributed by atoms with Crippen LogP contribution in [0.4, 0.5) is 5.69 Å². The highest BCUT2D eigenvalue weighted by Gasteiger charge is 2.36. The molecule has 138 valence electrons. The van der Waals surface area contributed by atoms with Crippen molar-refractivity contribution in [2.24, 2.45) is 4.99 Å². The van der Waals surface area contributed by atoms with Crippen molar-refractivity contribution in [3.05, 3.63) is 46.5 Å². The van der Waals surface area contributed by atoms with Crippen molar-refractivity contribution in [2.45, 2.75) is 37.6 Å². The lowest BCUT2D eigenvalue weighted by atomic mass is 9.89. The van der Waals surface area contributed by atoms with E-state index in [2.05, 4.69) is 4.99 Å². The standard InChI is InChI=1S/C18H20N2O6/c21-16(13-26-15-8-4-3-7-14(15)20(24)25)18(11-6-12-19-18)10-5-1-2-9-17(22)23/h3-4,6-8,11-12H,1-2,5,9-10,13H2,(H,22,23). The number of hydrogen-bond acceptors (Lipinski definition) is 6. The lowest BCUT2D eigenvalue weighted by Gasteiger charge is -2.22. The van der Waals surface area contributed by atoms with Crippen molar-refractivity contribution >= 4 is 23.7 Å². The minimum atomic E-state index is -1.03. The number of nitro benzene ring substituents is 1. The Morgan fingerprint density at radius 2 is 2.00 bits per heavy atom. The van der Waals surface area contributed by atoms with Crippen LogP contribution < -0.4 is 4.74 Å². The number of nitrogens with zero attached hydrogens (tertiary/aromatic N) is 2. The zero-order valence-corrected chi connectivity index (χ0v) is 14.2. The normalized spacial score (nSPS) is 18.0. The van der Waals surface area contributed by atoms with Crippen molar-refractivity contribution in [2.75, 3.05) is 6.61 Å². The van der Waals surface area contributed by atoms with Crippen LogP contribution in [-0.2, 0) is 9.59 Å². The molecule has 1 unspecified atom stereocenters. The molecule has 0 amide bonds. The topological polar surface area (TPSA) is 119 Å². The molecule has 0 saturated heterocycles. The van der Waals surface area contributed by atoms with Crippen LogP contribution in [0, 0.1) is 10.1 Å². The number of carbonyl (C=O) groups excluding carboxylic acids is 1. The van der Waals surface area contributed by atoms with Gasteiger partial charge in [0.05, 0.1) is 4.92 Å². The summed E-state index contributed by atoms with van der Waals surface area (Å²) in [5.74, 6) is -1.10. The molecule has 1 aliphatic heterocycles. The van der Waals surface area contributed by atoms with Gasteiger partial charge in [-0.25, -0.2) is 0 Å². The summed E-state index contributed by atoms with van der Waals surface area (Å²) in [5.41, 5.74) is -1.24. The molecule has 1 heterocycles. The van der Waals surface area contributed by atoms with Gasteiger partial charge >= 0.3 is 11.7 Å². The van der Waals surface area contributed by atoms with Gasteiger partial charge < -0.3 is 9.84 Å². The third-order valence-corrected chi connectivity index (χ3v) is 4.12. The number of allylic oxidation sites excluding steroid dienone is 1. The first-order chi connectivity index (χ1) is 12.4. The number of Topliss-reactive ketones (excluding diaryl/α,β-unsaturated/α-hetero) is 1. The molecular weight excluding hydrogens is 340 g/mol. The maximum atomic E-state index is 12.6. The molecule has 0 saturated carbocycles. The fraction of sp³-hybridized carbons (Fsp3) is 0.389. The zero-order valence-electron chi connectivity index (χ0n) is 14.2. The molecule has 0 spiro atoms. The fourth-order valence-electron chi connectivity index (χ4n) is 2.72. The SMILES string of the molecule is O=C(O)CCCCCC1(C(=O)COc2ccccc2[N+](=O)[O-])C=CC=N1. The summed E-state index contributed by atoms with van der Waals surface area (Å²) in [6.07, 6.45) is 7.32. The van der Waals surface area contributed by atoms with Gasteiger partial charge in [-0.1, -0.05) is 25.0 Å². The molecule has 8 nitrogen and oxygen atoms in total. The number of ether oxygens (including phenoxy) is 1. The number of unbranched alkanes of at least 4 members (excludes halogenated alkanes) is 2. The molecule has 0 aliphatic carbocycles. The number of aliphatic carboxylic acids is 1. The molecule has 26 heavy (non-hydrogen) atoms. The number of carbonyl (C=O) groups is 2. The van der Waals surface area contributed by atoms with Gasteiger partial charge in [0, 0.05) is 18.7 Å². The molecule has 1 aliphatic rings. The predicted octanol–water partition coefficient (Wildman–Crippen LogP) is 2.96. The van der Waals surface area contributed by atoms with E-state index in [9.17, 15) is 19.7 Å². The van der Waals surface area contributed by atoms with Crippen LogP contribution in [0.3, 0.4) is 0 Å². The largest absolute Gasteiger partial charge is 0.481 e. The molecule has 1 aromatic rings. The summed E-state index contributed by atoms with van der Waals surface area (Å²) in [4.78, 5) is 37.9. The molecule has 0 fully saturated rings. The quantitative estimate of drug-likeness (QED) is 0.368. The molecular formula is C18H20N2O6. The van der Waals surface area contributed by atoms with E-state index in [-0.39, 0.29) is 30.2 Å². The molecule has 8 heteroatoms. The number of benzene rings is 1. The Kier molecular flexibility index (Phi) is 6.60. The number of hydrogen-bond donors (Lipinski definition) is 1. The Balaban J connectivity index is 1.95. The first-order valence-electron chi connectivity index (χ1n) is 8.29. The highest BCUT2D eigenvalue weighted by Crippen LogP contribution is 2.29. The van der Waals surface area contributed by atoms with E-state index < -0.39 is 16.4 Å². The second-order valence-corrected chi connectivity index (χ2v) is 5.95. The van der Waals surface area contributed by atoms with Gasteiger partial charge in [0.2, 0.25) is 5.78 Å². The predicted molar refractivity (Wildman–Crippen MR) is 94.7 cm³/mol. The number of rotatable bonds is 11. The lowest BCUT2D eigenvalue weighted by molar-refractivity contribution is -0.385. The molecule has 1 N–H and O–H groups in total. The maximum Gasteiger partial charge on any atom is 0.310 e. The van der Waals surface area contributed by atoms with Crippen LogP contribution in [0.1, 0.15) is 32.1 Å². The lowest BCUT2D eigenvalue weighted by Crippen LogP contribution is -2.37. The second-order valence-electron chi connectivity index (χ2n) is 5.95. The smallest absolute Gasteiger partial charge is 0.310 e. The fourth-order valence-corrected chi connectivity index (χ4v) is 2.72. The van der Waals surface area contributed by atoms with Gasteiger partial charge in [-0.05, 0) is 31.1 Å². The summed E-state index contributed by atoms with van der Waals surface area (Å²) >= 11 is 0. The summed E-state index contributed by atoms with van der Waals surface area (Å²) in [6, 6.07) is 5.87. The molecule has 0 bridgehead atoms. The first kappa shape index (κ1) is 19.3. The maximum absolute atomic E-state index is 12.6. The van der Waals surface area contributed by atoms with Gasteiger partial charge in [-0.15, -0.1) is 0 Å². The summed E-state index contributed by atoms with van der Waals surface area (Å²) in [6.45, 7) is -0.332. The Morgan fingerprint density at radius 1 is 1.23 bits per heavy atom. The Morgan fingerprint density at radius 3 is 2.65 bits per heavy atom. The van der Waals surface area contributed by atoms with Gasteiger partial charge in [0.1, 0.15) is 12.1 Å². The number of carboxylic acids is 1. The van der Waals surface area contributed by atoms with E-state index in [1.165, 1.54) is 18.2 Å². The van der Waals surface area contributed by atoms with Crippen molar-refractivity contribution in [1.82, 2.24) is 0 Å². The van der Waals surface area contributed by atoms with Crippen molar-refractivity contribution in [3.8, 4) is 5.75 Å². The van der Waals surface area contributed by atoms with Crippen LogP contribution in [0.5, 0.6) is 5.75 Å². The van der Waals surface area contributed by atoms with Crippen molar-refractivity contribution in [3.63, 3.8) is 0 Å². The van der Waals surface area contributed by atoms with Crippen LogP contribution in [0.15, 0.2) is 41.4 Å². The van der Waals surface area contributed by atoms with E-state index in [1.54, 1.807) is 24.4 Å². The summed E-state index contributed by atoms with van der Waals surface area (Å²) in [7, 11) is 0. The Labute approximate surface area is 150 Å².